The average molecular weight is 285 g/mol. The quantitative estimate of drug-likeness (QED) is 0.851. The van der Waals surface area contributed by atoms with Gasteiger partial charge in [-0.05, 0) is 41.8 Å². The molecule has 0 spiro atoms. The predicted molar refractivity (Wildman–Crippen MR) is 87.4 cm³/mol. The highest BCUT2D eigenvalue weighted by Gasteiger charge is 2.06. The first-order chi connectivity index (χ1) is 10.1. The molecule has 0 saturated heterocycles. The van der Waals surface area contributed by atoms with E-state index in [4.69, 9.17) is 9.47 Å². The number of ether oxygens (including phenoxy) is 2. The minimum Gasteiger partial charge on any atom is -0.497 e. The van der Waals surface area contributed by atoms with Crippen molar-refractivity contribution < 1.29 is 9.47 Å². The minimum atomic E-state index is 0.526. The van der Waals surface area contributed by atoms with Crippen LogP contribution in [0.3, 0.4) is 0 Å². The molecule has 0 radical (unpaired) electrons. The highest BCUT2D eigenvalue weighted by molar-refractivity contribution is 5.49. The normalized spacial score (nSPS) is 10.5. The van der Waals surface area contributed by atoms with E-state index < -0.39 is 0 Å². The summed E-state index contributed by atoms with van der Waals surface area (Å²) in [5, 5.41) is 3.45. The molecule has 2 aromatic rings. The smallest absolute Gasteiger partial charge is 0.124 e. The highest BCUT2D eigenvalue weighted by Crippen LogP contribution is 2.25. The van der Waals surface area contributed by atoms with Crippen LogP contribution in [0.5, 0.6) is 11.5 Å². The zero-order chi connectivity index (χ0) is 15.2. The second-order valence-corrected chi connectivity index (χ2v) is 5.31. The van der Waals surface area contributed by atoms with Crippen molar-refractivity contribution in [1.82, 2.24) is 0 Å². The molecule has 0 aromatic heterocycles. The molecule has 2 aromatic carbocycles. The van der Waals surface area contributed by atoms with Crippen molar-refractivity contribution in [2.24, 2.45) is 0 Å². The number of anilines is 1. The molecule has 0 heterocycles. The lowest BCUT2D eigenvalue weighted by Gasteiger charge is -2.13. The van der Waals surface area contributed by atoms with E-state index in [1.165, 1.54) is 5.56 Å². The molecular formula is C18H23NO2. The van der Waals surface area contributed by atoms with Crippen LogP contribution in [0.25, 0.3) is 0 Å². The van der Waals surface area contributed by atoms with Gasteiger partial charge in [0.15, 0.2) is 0 Å². The van der Waals surface area contributed by atoms with Crippen molar-refractivity contribution >= 4 is 5.69 Å². The number of rotatable bonds is 6. The Labute approximate surface area is 126 Å². The van der Waals surface area contributed by atoms with Gasteiger partial charge in [-0.1, -0.05) is 26.0 Å². The fraction of sp³-hybridized carbons (Fsp3) is 0.333. The fourth-order valence-electron chi connectivity index (χ4n) is 2.23. The zero-order valence-corrected chi connectivity index (χ0v) is 13.1. The lowest BCUT2D eigenvalue weighted by molar-refractivity contribution is 0.399. The summed E-state index contributed by atoms with van der Waals surface area (Å²) in [5.74, 6) is 2.23. The van der Waals surface area contributed by atoms with Crippen LogP contribution in [0.2, 0.25) is 0 Å². The van der Waals surface area contributed by atoms with Gasteiger partial charge in [-0.3, -0.25) is 0 Å². The maximum absolute atomic E-state index is 5.40. The molecule has 0 saturated carbocycles. The standard InChI is InChI=1S/C18H23NO2/c1-13(2)14-6-5-7-16(10-14)19-12-15-11-17(20-3)8-9-18(15)21-4/h5-11,13,19H,12H2,1-4H3. The van der Waals surface area contributed by atoms with Crippen LogP contribution >= 0.6 is 0 Å². The van der Waals surface area contributed by atoms with Gasteiger partial charge in [0.2, 0.25) is 0 Å². The number of hydrogen-bond donors (Lipinski definition) is 1. The molecule has 0 fully saturated rings. The molecule has 3 heteroatoms. The molecule has 0 unspecified atom stereocenters. The largest absolute Gasteiger partial charge is 0.497 e. The molecular weight excluding hydrogens is 262 g/mol. The van der Waals surface area contributed by atoms with Gasteiger partial charge in [0.05, 0.1) is 14.2 Å². The summed E-state index contributed by atoms with van der Waals surface area (Å²) in [4.78, 5) is 0. The summed E-state index contributed by atoms with van der Waals surface area (Å²) in [5.41, 5.74) is 3.52. The Kier molecular flexibility index (Phi) is 5.09. The summed E-state index contributed by atoms with van der Waals surface area (Å²) in [7, 11) is 3.36. The third-order valence-corrected chi connectivity index (χ3v) is 3.52. The second kappa shape index (κ2) is 7.02. The lowest BCUT2D eigenvalue weighted by atomic mass is 10.0. The van der Waals surface area contributed by atoms with Crippen molar-refractivity contribution in [3.05, 3.63) is 53.6 Å². The topological polar surface area (TPSA) is 30.5 Å². The second-order valence-electron chi connectivity index (χ2n) is 5.31. The third-order valence-electron chi connectivity index (χ3n) is 3.52. The number of hydrogen-bond acceptors (Lipinski definition) is 3. The Bertz CT molecular complexity index is 594. The van der Waals surface area contributed by atoms with E-state index in [-0.39, 0.29) is 0 Å². The lowest BCUT2D eigenvalue weighted by Crippen LogP contribution is -2.03. The van der Waals surface area contributed by atoms with Crippen molar-refractivity contribution in [2.45, 2.75) is 26.3 Å². The molecule has 0 bridgehead atoms. The molecule has 2 rings (SSSR count). The maximum Gasteiger partial charge on any atom is 0.124 e. The Morgan fingerprint density at radius 3 is 2.48 bits per heavy atom. The van der Waals surface area contributed by atoms with Gasteiger partial charge < -0.3 is 14.8 Å². The summed E-state index contributed by atoms with van der Waals surface area (Å²) < 4.78 is 10.7. The van der Waals surface area contributed by atoms with E-state index in [1.807, 2.05) is 18.2 Å². The van der Waals surface area contributed by atoms with E-state index in [0.29, 0.717) is 12.5 Å². The van der Waals surface area contributed by atoms with Crippen LogP contribution in [-0.2, 0) is 6.54 Å². The fourth-order valence-corrected chi connectivity index (χ4v) is 2.23. The summed E-state index contributed by atoms with van der Waals surface area (Å²) in [6.07, 6.45) is 0. The molecule has 112 valence electrons. The van der Waals surface area contributed by atoms with Gasteiger partial charge >= 0.3 is 0 Å². The average Bonchev–Trinajstić information content (AvgIpc) is 2.52. The summed E-state index contributed by atoms with van der Waals surface area (Å²) in [6, 6.07) is 14.3. The third kappa shape index (κ3) is 3.91. The maximum atomic E-state index is 5.40. The van der Waals surface area contributed by atoms with Gasteiger partial charge in [0.25, 0.3) is 0 Å². The minimum absolute atomic E-state index is 0.526. The van der Waals surface area contributed by atoms with Crippen molar-refractivity contribution in [3.8, 4) is 11.5 Å². The molecule has 0 aliphatic rings. The van der Waals surface area contributed by atoms with E-state index in [9.17, 15) is 0 Å². The number of benzene rings is 2. The van der Waals surface area contributed by atoms with Crippen LogP contribution in [0.4, 0.5) is 5.69 Å². The number of nitrogens with one attached hydrogen (secondary N) is 1. The van der Waals surface area contributed by atoms with Gasteiger partial charge in [-0.2, -0.15) is 0 Å². The van der Waals surface area contributed by atoms with Gasteiger partial charge in [-0.15, -0.1) is 0 Å². The molecule has 21 heavy (non-hydrogen) atoms. The van der Waals surface area contributed by atoms with E-state index in [1.54, 1.807) is 14.2 Å². The Morgan fingerprint density at radius 1 is 1.00 bits per heavy atom. The van der Waals surface area contributed by atoms with Crippen molar-refractivity contribution in [2.75, 3.05) is 19.5 Å². The summed E-state index contributed by atoms with van der Waals surface area (Å²) in [6.45, 7) is 5.09. The monoisotopic (exact) mass is 285 g/mol. The molecule has 0 atom stereocenters. The van der Waals surface area contributed by atoms with E-state index in [0.717, 1.165) is 22.7 Å². The molecule has 0 amide bonds. The summed E-state index contributed by atoms with van der Waals surface area (Å²) >= 11 is 0. The van der Waals surface area contributed by atoms with Gasteiger partial charge in [0, 0.05) is 17.8 Å². The van der Waals surface area contributed by atoms with Crippen LogP contribution in [-0.4, -0.2) is 14.2 Å². The predicted octanol–water partition coefficient (Wildman–Crippen LogP) is 4.44. The van der Waals surface area contributed by atoms with Gasteiger partial charge in [-0.25, -0.2) is 0 Å². The van der Waals surface area contributed by atoms with E-state index >= 15 is 0 Å². The first-order valence-corrected chi connectivity index (χ1v) is 7.18. The first-order valence-electron chi connectivity index (χ1n) is 7.18. The molecule has 0 aliphatic carbocycles. The molecule has 1 N–H and O–H groups in total. The van der Waals surface area contributed by atoms with Crippen molar-refractivity contribution in [1.29, 1.82) is 0 Å². The zero-order valence-electron chi connectivity index (χ0n) is 13.1. The van der Waals surface area contributed by atoms with Crippen LogP contribution in [0.1, 0.15) is 30.9 Å². The molecule has 3 nitrogen and oxygen atoms in total. The SMILES string of the molecule is COc1ccc(OC)c(CNc2cccc(C(C)C)c2)c1. The Hall–Kier alpha value is -2.16. The Morgan fingerprint density at radius 2 is 1.81 bits per heavy atom. The highest BCUT2D eigenvalue weighted by atomic mass is 16.5. The van der Waals surface area contributed by atoms with Crippen LogP contribution in [0.15, 0.2) is 42.5 Å². The molecule has 0 aliphatic heterocycles. The Balaban J connectivity index is 2.14. The van der Waals surface area contributed by atoms with Crippen LogP contribution in [0, 0.1) is 0 Å². The van der Waals surface area contributed by atoms with Gasteiger partial charge in [0.1, 0.15) is 11.5 Å². The van der Waals surface area contributed by atoms with Crippen LogP contribution < -0.4 is 14.8 Å². The first kappa shape index (κ1) is 15.2. The number of methoxy groups -OCH3 is 2. The van der Waals surface area contributed by atoms with Crippen molar-refractivity contribution in [3.63, 3.8) is 0 Å². The van der Waals surface area contributed by atoms with E-state index in [2.05, 4.69) is 43.4 Å².